The van der Waals surface area contributed by atoms with Crippen LogP contribution < -0.4 is 5.32 Å². The SMILES string of the molecule is CC(C)C(O)C(C)(C)CNc1ncnc2cc(Cl)ccc12. The Kier molecular flexibility index (Phi) is 4.69. The van der Waals surface area contributed by atoms with Gasteiger partial charge in [-0.25, -0.2) is 9.97 Å². The number of halogens is 1. The van der Waals surface area contributed by atoms with Crippen molar-refractivity contribution in [2.45, 2.75) is 33.8 Å². The number of nitrogens with zero attached hydrogens (tertiary/aromatic N) is 2. The maximum absolute atomic E-state index is 10.3. The quantitative estimate of drug-likeness (QED) is 0.883. The third-order valence-electron chi connectivity index (χ3n) is 3.74. The Labute approximate surface area is 130 Å². The summed E-state index contributed by atoms with van der Waals surface area (Å²) in [6, 6.07) is 5.55. The van der Waals surface area contributed by atoms with E-state index >= 15 is 0 Å². The Hall–Kier alpha value is -1.39. The number of hydrogen-bond acceptors (Lipinski definition) is 4. The summed E-state index contributed by atoms with van der Waals surface area (Å²) in [5.41, 5.74) is 0.555. The number of hydrogen-bond donors (Lipinski definition) is 2. The lowest BCUT2D eigenvalue weighted by molar-refractivity contribution is 0.0210. The fraction of sp³-hybridized carbons (Fsp3) is 0.500. The molecule has 0 radical (unpaired) electrons. The van der Waals surface area contributed by atoms with E-state index in [0.717, 1.165) is 16.7 Å². The fourth-order valence-electron chi connectivity index (χ4n) is 2.49. The third-order valence-corrected chi connectivity index (χ3v) is 3.98. The number of aliphatic hydroxyl groups is 1. The van der Waals surface area contributed by atoms with Crippen molar-refractivity contribution >= 4 is 28.3 Å². The molecule has 1 heterocycles. The monoisotopic (exact) mass is 307 g/mol. The molecule has 0 saturated heterocycles. The number of benzene rings is 1. The van der Waals surface area contributed by atoms with Crippen LogP contribution in [0.25, 0.3) is 10.9 Å². The van der Waals surface area contributed by atoms with Crippen LogP contribution in [0.3, 0.4) is 0 Å². The lowest BCUT2D eigenvalue weighted by Gasteiger charge is -2.33. The molecule has 0 aliphatic heterocycles. The summed E-state index contributed by atoms with van der Waals surface area (Å²) >= 11 is 5.98. The molecule has 0 aliphatic carbocycles. The van der Waals surface area contributed by atoms with Crippen LogP contribution in [-0.4, -0.2) is 27.7 Å². The maximum Gasteiger partial charge on any atom is 0.137 e. The lowest BCUT2D eigenvalue weighted by atomic mass is 9.81. The van der Waals surface area contributed by atoms with Gasteiger partial charge in [-0.05, 0) is 24.1 Å². The van der Waals surface area contributed by atoms with Gasteiger partial charge in [0.2, 0.25) is 0 Å². The van der Waals surface area contributed by atoms with Crippen molar-refractivity contribution in [3.8, 4) is 0 Å². The molecule has 4 nitrogen and oxygen atoms in total. The van der Waals surface area contributed by atoms with Gasteiger partial charge in [-0.15, -0.1) is 0 Å². The van der Waals surface area contributed by atoms with E-state index in [9.17, 15) is 5.11 Å². The third kappa shape index (κ3) is 3.63. The van der Waals surface area contributed by atoms with Gasteiger partial charge in [0.1, 0.15) is 12.1 Å². The maximum atomic E-state index is 10.3. The summed E-state index contributed by atoms with van der Waals surface area (Å²) < 4.78 is 0. The first-order valence-corrected chi connectivity index (χ1v) is 7.51. The van der Waals surface area contributed by atoms with Gasteiger partial charge in [0.05, 0.1) is 11.6 Å². The number of fused-ring (bicyclic) bond motifs is 1. The summed E-state index contributed by atoms with van der Waals surface area (Å²) in [6.07, 6.45) is 1.14. The van der Waals surface area contributed by atoms with E-state index in [1.54, 1.807) is 0 Å². The molecule has 2 rings (SSSR count). The van der Waals surface area contributed by atoms with E-state index in [0.29, 0.717) is 11.6 Å². The highest BCUT2D eigenvalue weighted by molar-refractivity contribution is 6.31. The molecular weight excluding hydrogens is 286 g/mol. The normalized spacial score (nSPS) is 13.7. The Balaban J connectivity index is 2.21. The van der Waals surface area contributed by atoms with Crippen molar-refractivity contribution in [1.82, 2.24) is 9.97 Å². The van der Waals surface area contributed by atoms with Gasteiger partial charge in [0, 0.05) is 22.4 Å². The molecule has 2 N–H and O–H groups in total. The Bertz CT molecular complexity index is 628. The van der Waals surface area contributed by atoms with E-state index in [2.05, 4.69) is 15.3 Å². The molecule has 0 spiro atoms. The molecule has 1 unspecified atom stereocenters. The largest absolute Gasteiger partial charge is 0.392 e. The summed E-state index contributed by atoms with van der Waals surface area (Å²) in [7, 11) is 0. The van der Waals surface area contributed by atoms with Crippen LogP contribution in [0.4, 0.5) is 5.82 Å². The number of rotatable bonds is 5. The van der Waals surface area contributed by atoms with Crippen molar-refractivity contribution in [3.05, 3.63) is 29.5 Å². The molecular formula is C16H22ClN3O. The van der Waals surface area contributed by atoms with Gasteiger partial charge in [-0.3, -0.25) is 0 Å². The molecule has 0 amide bonds. The van der Waals surface area contributed by atoms with Crippen molar-refractivity contribution in [2.75, 3.05) is 11.9 Å². The van der Waals surface area contributed by atoms with E-state index in [-0.39, 0.29) is 17.4 Å². The lowest BCUT2D eigenvalue weighted by Crippen LogP contribution is -2.39. The number of aliphatic hydroxyl groups excluding tert-OH is 1. The molecule has 0 bridgehead atoms. The minimum absolute atomic E-state index is 0.211. The van der Waals surface area contributed by atoms with Crippen molar-refractivity contribution in [2.24, 2.45) is 11.3 Å². The van der Waals surface area contributed by atoms with Gasteiger partial charge in [-0.1, -0.05) is 39.3 Å². The zero-order valence-corrected chi connectivity index (χ0v) is 13.6. The van der Waals surface area contributed by atoms with Crippen molar-refractivity contribution in [1.29, 1.82) is 0 Å². The molecule has 1 aromatic carbocycles. The molecule has 114 valence electrons. The molecule has 5 heteroatoms. The van der Waals surface area contributed by atoms with Gasteiger partial charge in [-0.2, -0.15) is 0 Å². The highest BCUT2D eigenvalue weighted by Crippen LogP contribution is 2.28. The van der Waals surface area contributed by atoms with Gasteiger partial charge < -0.3 is 10.4 Å². The van der Waals surface area contributed by atoms with Crippen LogP contribution in [0.5, 0.6) is 0 Å². The second-order valence-corrected chi connectivity index (χ2v) is 6.85. The van der Waals surface area contributed by atoms with Crippen LogP contribution in [0.1, 0.15) is 27.7 Å². The Morgan fingerprint density at radius 3 is 2.67 bits per heavy atom. The zero-order valence-electron chi connectivity index (χ0n) is 12.9. The minimum atomic E-state index is -0.382. The second-order valence-electron chi connectivity index (χ2n) is 6.41. The predicted molar refractivity (Wildman–Crippen MR) is 87.7 cm³/mol. The highest BCUT2D eigenvalue weighted by atomic mass is 35.5. The summed E-state index contributed by atoms with van der Waals surface area (Å²) in [5.74, 6) is 0.975. The average Bonchev–Trinajstić information content (AvgIpc) is 2.43. The van der Waals surface area contributed by atoms with E-state index in [4.69, 9.17) is 11.6 Å². The summed E-state index contributed by atoms with van der Waals surface area (Å²) in [4.78, 5) is 8.52. The topological polar surface area (TPSA) is 58.0 Å². The first-order valence-electron chi connectivity index (χ1n) is 7.13. The minimum Gasteiger partial charge on any atom is -0.392 e. The molecule has 0 aliphatic rings. The Morgan fingerprint density at radius 1 is 1.29 bits per heavy atom. The highest BCUT2D eigenvalue weighted by Gasteiger charge is 2.30. The van der Waals surface area contributed by atoms with Crippen LogP contribution in [0.2, 0.25) is 5.02 Å². The van der Waals surface area contributed by atoms with Gasteiger partial charge >= 0.3 is 0 Å². The zero-order chi connectivity index (χ0) is 15.6. The van der Waals surface area contributed by atoms with Crippen LogP contribution in [0, 0.1) is 11.3 Å². The fourth-order valence-corrected chi connectivity index (χ4v) is 2.66. The average molecular weight is 308 g/mol. The van der Waals surface area contributed by atoms with E-state index in [1.165, 1.54) is 6.33 Å². The summed E-state index contributed by atoms with van der Waals surface area (Å²) in [5, 5.41) is 15.2. The summed E-state index contributed by atoms with van der Waals surface area (Å²) in [6.45, 7) is 8.76. The Morgan fingerprint density at radius 2 is 2.00 bits per heavy atom. The van der Waals surface area contributed by atoms with Crippen LogP contribution >= 0.6 is 11.6 Å². The smallest absolute Gasteiger partial charge is 0.137 e. The number of nitrogens with one attached hydrogen (secondary N) is 1. The predicted octanol–water partition coefficient (Wildman–Crippen LogP) is 3.74. The van der Waals surface area contributed by atoms with Gasteiger partial charge in [0.15, 0.2) is 0 Å². The van der Waals surface area contributed by atoms with E-state index in [1.807, 2.05) is 45.9 Å². The molecule has 0 fully saturated rings. The molecule has 1 aromatic heterocycles. The standard InChI is InChI=1S/C16H22ClN3O/c1-10(2)14(21)16(3,4)8-18-15-12-6-5-11(17)7-13(12)19-9-20-15/h5-7,9-10,14,21H,8H2,1-4H3,(H,18,19,20). The number of anilines is 1. The first kappa shape index (κ1) is 16.0. The first-order chi connectivity index (χ1) is 9.81. The molecule has 2 aromatic rings. The molecule has 21 heavy (non-hydrogen) atoms. The van der Waals surface area contributed by atoms with Crippen LogP contribution in [-0.2, 0) is 0 Å². The van der Waals surface area contributed by atoms with Crippen molar-refractivity contribution < 1.29 is 5.11 Å². The van der Waals surface area contributed by atoms with Crippen molar-refractivity contribution in [3.63, 3.8) is 0 Å². The van der Waals surface area contributed by atoms with Crippen LogP contribution in [0.15, 0.2) is 24.5 Å². The molecule has 1 atom stereocenters. The van der Waals surface area contributed by atoms with Gasteiger partial charge in [0.25, 0.3) is 0 Å². The second kappa shape index (κ2) is 6.16. The number of aromatic nitrogens is 2. The van der Waals surface area contributed by atoms with E-state index < -0.39 is 0 Å². The molecule has 0 saturated carbocycles.